The second kappa shape index (κ2) is 5.90. The van der Waals surface area contributed by atoms with Crippen LogP contribution in [0, 0.1) is 18.8 Å². The minimum Gasteiger partial charge on any atom is -0.377 e. The molecule has 1 unspecified atom stereocenters. The molecule has 0 spiro atoms. The summed E-state index contributed by atoms with van der Waals surface area (Å²) in [5.41, 5.74) is 1.10. The van der Waals surface area contributed by atoms with Crippen molar-refractivity contribution in [3.05, 3.63) is 35.4 Å². The van der Waals surface area contributed by atoms with E-state index in [-0.39, 0.29) is 18.1 Å². The highest BCUT2D eigenvalue weighted by atomic mass is 16.3. The first-order chi connectivity index (χ1) is 10.9. The first-order valence-electron chi connectivity index (χ1n) is 8.20. The summed E-state index contributed by atoms with van der Waals surface area (Å²) in [5, 5.41) is 10.9. The fraction of sp³-hybridized carbons (Fsp3) is 0.526. The van der Waals surface area contributed by atoms with Crippen LogP contribution in [0.1, 0.15) is 36.8 Å². The molecule has 2 fully saturated rings. The van der Waals surface area contributed by atoms with E-state index >= 15 is 0 Å². The van der Waals surface area contributed by atoms with Crippen LogP contribution >= 0.6 is 0 Å². The summed E-state index contributed by atoms with van der Waals surface area (Å²) < 4.78 is 0. The standard InChI is InChI=1S/C19H24N2O2/c1-14-5-4-6-15(11-14)9-10-19(23)12-16-7-8-17(13-19)21(16)18(22)20(2)3/h4-6,11,16-17,23H,7-8,12-13H2,1-3H3/t16-,17+,19?. The average molecular weight is 312 g/mol. The second-order valence-corrected chi connectivity index (χ2v) is 7.03. The number of carbonyl (C=O) groups excluding carboxylic acids is 1. The van der Waals surface area contributed by atoms with Gasteiger partial charge in [-0.05, 0) is 37.5 Å². The Morgan fingerprint density at radius 2 is 1.96 bits per heavy atom. The Labute approximate surface area is 138 Å². The summed E-state index contributed by atoms with van der Waals surface area (Å²) in [4.78, 5) is 15.9. The van der Waals surface area contributed by atoms with Crippen molar-refractivity contribution >= 4 is 6.03 Å². The van der Waals surface area contributed by atoms with Crippen LogP contribution in [0.5, 0.6) is 0 Å². The molecule has 3 atom stereocenters. The molecule has 0 aromatic heterocycles. The lowest BCUT2D eigenvalue weighted by Gasteiger charge is -2.42. The number of hydrogen-bond donors (Lipinski definition) is 1. The minimum absolute atomic E-state index is 0.0474. The highest BCUT2D eigenvalue weighted by Crippen LogP contribution is 2.41. The van der Waals surface area contributed by atoms with Crippen LogP contribution in [0.15, 0.2) is 24.3 Å². The SMILES string of the molecule is Cc1cccc(C#CC2(O)C[C@H]3CC[C@@H](C2)N3C(=O)N(C)C)c1. The molecule has 0 radical (unpaired) electrons. The highest BCUT2D eigenvalue weighted by molar-refractivity contribution is 5.75. The lowest BCUT2D eigenvalue weighted by atomic mass is 9.86. The van der Waals surface area contributed by atoms with Crippen molar-refractivity contribution in [1.29, 1.82) is 0 Å². The maximum absolute atomic E-state index is 12.3. The number of aliphatic hydroxyl groups is 1. The van der Waals surface area contributed by atoms with Crippen molar-refractivity contribution in [3.8, 4) is 11.8 Å². The zero-order chi connectivity index (χ0) is 16.6. The van der Waals surface area contributed by atoms with E-state index in [1.165, 1.54) is 0 Å². The van der Waals surface area contributed by atoms with E-state index < -0.39 is 5.60 Å². The Balaban J connectivity index is 1.78. The van der Waals surface area contributed by atoms with Crippen LogP contribution in [-0.4, -0.2) is 52.7 Å². The summed E-state index contributed by atoms with van der Waals surface area (Å²) in [6.45, 7) is 2.03. The van der Waals surface area contributed by atoms with Crippen molar-refractivity contribution < 1.29 is 9.90 Å². The van der Waals surface area contributed by atoms with E-state index in [4.69, 9.17) is 0 Å². The van der Waals surface area contributed by atoms with E-state index in [9.17, 15) is 9.90 Å². The minimum atomic E-state index is -0.987. The predicted octanol–water partition coefficient (Wildman–Crippen LogP) is 2.39. The molecule has 23 heavy (non-hydrogen) atoms. The summed E-state index contributed by atoms with van der Waals surface area (Å²) >= 11 is 0. The molecule has 3 rings (SSSR count). The number of benzene rings is 1. The maximum Gasteiger partial charge on any atom is 0.319 e. The number of urea groups is 1. The van der Waals surface area contributed by atoms with Crippen molar-refractivity contribution in [2.75, 3.05) is 14.1 Å². The van der Waals surface area contributed by atoms with Gasteiger partial charge in [0, 0.05) is 44.6 Å². The van der Waals surface area contributed by atoms with Gasteiger partial charge in [0.15, 0.2) is 0 Å². The summed E-state index contributed by atoms with van der Waals surface area (Å²) in [6, 6.07) is 8.24. The van der Waals surface area contributed by atoms with Gasteiger partial charge in [0.05, 0.1) is 0 Å². The van der Waals surface area contributed by atoms with Crippen molar-refractivity contribution in [2.24, 2.45) is 0 Å². The number of hydrogen-bond acceptors (Lipinski definition) is 2. The lowest BCUT2D eigenvalue weighted by Crippen LogP contribution is -2.55. The summed E-state index contributed by atoms with van der Waals surface area (Å²) in [7, 11) is 3.56. The van der Waals surface area contributed by atoms with Crippen LogP contribution in [0.25, 0.3) is 0 Å². The molecule has 2 heterocycles. The van der Waals surface area contributed by atoms with Gasteiger partial charge in [0.2, 0.25) is 0 Å². The van der Waals surface area contributed by atoms with E-state index in [0.29, 0.717) is 12.8 Å². The molecule has 0 saturated carbocycles. The van der Waals surface area contributed by atoms with Crippen LogP contribution in [0.4, 0.5) is 4.79 Å². The third kappa shape index (κ3) is 3.20. The molecule has 2 bridgehead atoms. The van der Waals surface area contributed by atoms with Gasteiger partial charge in [-0.3, -0.25) is 0 Å². The number of carbonyl (C=O) groups is 1. The monoisotopic (exact) mass is 312 g/mol. The van der Waals surface area contributed by atoms with Gasteiger partial charge in [0.1, 0.15) is 5.60 Å². The topological polar surface area (TPSA) is 43.8 Å². The average Bonchev–Trinajstić information content (AvgIpc) is 2.77. The Morgan fingerprint density at radius 1 is 1.30 bits per heavy atom. The van der Waals surface area contributed by atoms with E-state index in [0.717, 1.165) is 24.0 Å². The maximum atomic E-state index is 12.3. The van der Waals surface area contributed by atoms with Gasteiger partial charge in [0.25, 0.3) is 0 Å². The second-order valence-electron chi connectivity index (χ2n) is 7.03. The Bertz CT molecular complexity index is 657. The van der Waals surface area contributed by atoms with E-state index in [1.54, 1.807) is 19.0 Å². The molecule has 2 aliphatic heterocycles. The molecule has 4 heteroatoms. The zero-order valence-corrected chi connectivity index (χ0v) is 14.0. The first kappa shape index (κ1) is 15.9. The quantitative estimate of drug-likeness (QED) is 0.748. The first-order valence-corrected chi connectivity index (χ1v) is 8.20. The number of aryl methyl sites for hydroxylation is 1. The van der Waals surface area contributed by atoms with Gasteiger partial charge in [-0.2, -0.15) is 0 Å². The normalized spacial score (nSPS) is 29.0. The molecule has 122 valence electrons. The number of rotatable bonds is 0. The Hall–Kier alpha value is -1.99. The van der Waals surface area contributed by atoms with Crippen LogP contribution < -0.4 is 0 Å². The third-order valence-corrected chi connectivity index (χ3v) is 4.83. The summed E-state index contributed by atoms with van der Waals surface area (Å²) in [6.07, 6.45) is 3.00. The van der Waals surface area contributed by atoms with Gasteiger partial charge in [-0.15, -0.1) is 0 Å². The zero-order valence-electron chi connectivity index (χ0n) is 14.0. The predicted molar refractivity (Wildman–Crippen MR) is 90.0 cm³/mol. The molecule has 2 aliphatic rings. The Morgan fingerprint density at radius 3 is 2.52 bits per heavy atom. The third-order valence-electron chi connectivity index (χ3n) is 4.83. The number of nitrogens with zero attached hydrogens (tertiary/aromatic N) is 2. The number of amides is 2. The molecule has 0 aliphatic carbocycles. The molecule has 4 nitrogen and oxygen atoms in total. The molecular weight excluding hydrogens is 288 g/mol. The number of piperidine rings is 1. The van der Waals surface area contributed by atoms with Gasteiger partial charge in [-0.25, -0.2) is 4.79 Å². The van der Waals surface area contributed by atoms with Crippen molar-refractivity contribution in [1.82, 2.24) is 9.80 Å². The fourth-order valence-corrected chi connectivity index (χ4v) is 3.78. The Kier molecular flexibility index (Phi) is 4.08. The molecular formula is C19H24N2O2. The smallest absolute Gasteiger partial charge is 0.319 e. The lowest BCUT2D eigenvalue weighted by molar-refractivity contribution is 0.00128. The van der Waals surface area contributed by atoms with Crippen molar-refractivity contribution in [3.63, 3.8) is 0 Å². The molecule has 1 N–H and O–H groups in total. The molecule has 2 saturated heterocycles. The highest BCUT2D eigenvalue weighted by Gasteiger charge is 2.49. The fourth-order valence-electron chi connectivity index (χ4n) is 3.78. The van der Waals surface area contributed by atoms with E-state index in [2.05, 4.69) is 11.8 Å². The molecule has 1 aromatic carbocycles. The summed E-state index contributed by atoms with van der Waals surface area (Å²) in [5.74, 6) is 6.20. The largest absolute Gasteiger partial charge is 0.377 e. The van der Waals surface area contributed by atoms with Crippen molar-refractivity contribution in [2.45, 2.75) is 50.3 Å². The van der Waals surface area contributed by atoms with E-state index in [1.807, 2.05) is 36.1 Å². The van der Waals surface area contributed by atoms with Crippen LogP contribution in [0.2, 0.25) is 0 Å². The number of fused-ring (bicyclic) bond motifs is 2. The molecule has 1 aromatic rings. The van der Waals surface area contributed by atoms with Crippen LogP contribution in [-0.2, 0) is 0 Å². The van der Waals surface area contributed by atoms with Gasteiger partial charge >= 0.3 is 6.03 Å². The van der Waals surface area contributed by atoms with Gasteiger partial charge < -0.3 is 14.9 Å². The van der Waals surface area contributed by atoms with Crippen LogP contribution in [0.3, 0.4) is 0 Å². The molecule has 2 amide bonds. The van der Waals surface area contributed by atoms with Gasteiger partial charge in [-0.1, -0.05) is 24.0 Å².